The van der Waals surface area contributed by atoms with Crippen LogP contribution in [-0.2, 0) is 9.59 Å². The lowest BCUT2D eigenvalue weighted by Gasteiger charge is -2.33. The van der Waals surface area contributed by atoms with Gasteiger partial charge in [-0.15, -0.1) is 0 Å². The van der Waals surface area contributed by atoms with Crippen LogP contribution in [0.5, 0.6) is 0 Å². The largest absolute Gasteiger partial charge is 0.480 e. The Morgan fingerprint density at radius 3 is 2.44 bits per heavy atom. The van der Waals surface area contributed by atoms with Crippen molar-refractivity contribution >= 4 is 11.9 Å². The monoisotopic (exact) mass is 256 g/mol. The molecule has 1 saturated carbocycles. The van der Waals surface area contributed by atoms with Gasteiger partial charge < -0.3 is 10.0 Å². The Morgan fingerprint density at radius 1 is 1.33 bits per heavy atom. The summed E-state index contributed by atoms with van der Waals surface area (Å²) in [6.45, 7) is 4.34. The lowest BCUT2D eigenvalue weighted by Crippen LogP contribution is -2.47. The number of amides is 1. The molecule has 5 heteroatoms. The highest BCUT2D eigenvalue weighted by molar-refractivity contribution is 5.80. The number of carbonyl (C=O) groups excluding carboxylic acids is 1. The summed E-state index contributed by atoms with van der Waals surface area (Å²) in [6, 6.07) is -0.336. The highest BCUT2D eigenvalue weighted by Gasteiger charge is 2.24. The predicted octanol–water partition coefficient (Wildman–Crippen LogP) is 1.23. The number of aliphatic carboxylic acids is 1. The van der Waals surface area contributed by atoms with Gasteiger partial charge in [-0.25, -0.2) is 0 Å². The molecule has 0 unspecified atom stereocenters. The Hall–Kier alpha value is -1.10. The molecule has 0 aliphatic heterocycles. The number of likely N-dealkylation sites (N-methyl/N-ethyl adjacent to an activating group) is 1. The van der Waals surface area contributed by atoms with Crippen LogP contribution in [0.1, 0.15) is 46.0 Å². The first kappa shape index (κ1) is 15.0. The number of hydrogen-bond acceptors (Lipinski definition) is 3. The molecule has 1 amide bonds. The fourth-order valence-electron chi connectivity index (χ4n) is 2.46. The zero-order valence-electron chi connectivity index (χ0n) is 11.3. The van der Waals surface area contributed by atoms with Gasteiger partial charge in [0.25, 0.3) is 0 Å². The van der Waals surface area contributed by atoms with E-state index in [2.05, 4.69) is 5.32 Å². The smallest absolute Gasteiger partial charge is 0.320 e. The molecule has 0 heterocycles. The molecule has 0 radical (unpaired) electrons. The third kappa shape index (κ3) is 4.29. The Bertz CT molecular complexity index is 288. The number of carbonyl (C=O) groups is 2. The molecule has 1 rings (SSSR count). The van der Waals surface area contributed by atoms with E-state index in [1.807, 2.05) is 11.8 Å². The topological polar surface area (TPSA) is 69.6 Å². The van der Waals surface area contributed by atoms with E-state index in [0.29, 0.717) is 12.6 Å². The van der Waals surface area contributed by atoms with E-state index in [1.165, 1.54) is 19.3 Å². The molecule has 1 aliphatic rings. The van der Waals surface area contributed by atoms with Crippen molar-refractivity contribution < 1.29 is 14.7 Å². The first-order valence-corrected chi connectivity index (χ1v) is 6.82. The fourth-order valence-corrected chi connectivity index (χ4v) is 2.46. The van der Waals surface area contributed by atoms with Crippen molar-refractivity contribution in [3.8, 4) is 0 Å². The van der Waals surface area contributed by atoms with Crippen LogP contribution in [0.25, 0.3) is 0 Å². The predicted molar refractivity (Wildman–Crippen MR) is 69.4 cm³/mol. The van der Waals surface area contributed by atoms with Crippen molar-refractivity contribution in [1.29, 1.82) is 0 Å². The van der Waals surface area contributed by atoms with Gasteiger partial charge in [0.1, 0.15) is 6.04 Å². The summed E-state index contributed by atoms with van der Waals surface area (Å²) in [5.74, 6) is -0.916. The van der Waals surface area contributed by atoms with Gasteiger partial charge in [-0.1, -0.05) is 19.3 Å². The Balaban J connectivity index is 2.43. The number of rotatable bonds is 6. The molecule has 0 aromatic heterocycles. The van der Waals surface area contributed by atoms with E-state index in [-0.39, 0.29) is 12.5 Å². The van der Waals surface area contributed by atoms with Crippen molar-refractivity contribution in [3.05, 3.63) is 0 Å². The number of carboxylic acid groups (broad SMARTS) is 1. The van der Waals surface area contributed by atoms with Gasteiger partial charge in [0.15, 0.2) is 0 Å². The average Bonchev–Trinajstić information content (AvgIpc) is 2.38. The molecular weight excluding hydrogens is 232 g/mol. The molecule has 0 aromatic carbocycles. The van der Waals surface area contributed by atoms with Crippen molar-refractivity contribution in [1.82, 2.24) is 10.2 Å². The quantitative estimate of drug-likeness (QED) is 0.750. The van der Waals surface area contributed by atoms with Crippen molar-refractivity contribution in [2.45, 2.75) is 58.0 Å². The molecule has 0 bridgehead atoms. The number of nitrogens with one attached hydrogen (secondary N) is 1. The third-order valence-electron chi connectivity index (χ3n) is 3.61. The minimum atomic E-state index is -0.927. The van der Waals surface area contributed by atoms with E-state index < -0.39 is 12.0 Å². The molecule has 1 aliphatic carbocycles. The maximum atomic E-state index is 12.1. The lowest BCUT2D eigenvalue weighted by atomic mass is 9.94. The van der Waals surface area contributed by atoms with Crippen LogP contribution in [0.15, 0.2) is 0 Å². The van der Waals surface area contributed by atoms with Crippen molar-refractivity contribution in [2.24, 2.45) is 0 Å². The van der Waals surface area contributed by atoms with Gasteiger partial charge in [0.2, 0.25) is 5.91 Å². The van der Waals surface area contributed by atoms with Crippen LogP contribution in [-0.4, -0.2) is 47.1 Å². The fraction of sp³-hybridized carbons (Fsp3) is 0.846. The minimum absolute atomic E-state index is 0.0116. The summed E-state index contributed by atoms with van der Waals surface area (Å²) in [4.78, 5) is 24.6. The van der Waals surface area contributed by atoms with Gasteiger partial charge in [-0.05, 0) is 26.7 Å². The van der Waals surface area contributed by atoms with Gasteiger partial charge in [-0.2, -0.15) is 0 Å². The molecule has 5 nitrogen and oxygen atoms in total. The van der Waals surface area contributed by atoms with E-state index in [0.717, 1.165) is 12.8 Å². The van der Waals surface area contributed by atoms with Crippen LogP contribution in [0.4, 0.5) is 0 Å². The van der Waals surface area contributed by atoms with Gasteiger partial charge in [0.05, 0.1) is 6.54 Å². The summed E-state index contributed by atoms with van der Waals surface area (Å²) in [5.41, 5.74) is 0. The van der Waals surface area contributed by atoms with Gasteiger partial charge >= 0.3 is 5.97 Å². The molecule has 104 valence electrons. The van der Waals surface area contributed by atoms with Crippen LogP contribution in [0.3, 0.4) is 0 Å². The van der Waals surface area contributed by atoms with E-state index in [4.69, 9.17) is 5.11 Å². The molecule has 2 N–H and O–H groups in total. The third-order valence-corrected chi connectivity index (χ3v) is 3.61. The average molecular weight is 256 g/mol. The number of carboxylic acids is 1. The van der Waals surface area contributed by atoms with Gasteiger partial charge in [0, 0.05) is 12.6 Å². The van der Waals surface area contributed by atoms with E-state index in [9.17, 15) is 9.59 Å². The first-order valence-electron chi connectivity index (χ1n) is 6.82. The molecule has 0 spiro atoms. The molecule has 18 heavy (non-hydrogen) atoms. The second kappa shape index (κ2) is 7.36. The second-order valence-corrected chi connectivity index (χ2v) is 4.91. The summed E-state index contributed by atoms with van der Waals surface area (Å²) in [7, 11) is 0. The van der Waals surface area contributed by atoms with E-state index >= 15 is 0 Å². The van der Waals surface area contributed by atoms with Gasteiger partial charge in [-0.3, -0.25) is 14.9 Å². The minimum Gasteiger partial charge on any atom is -0.480 e. The Kier molecular flexibility index (Phi) is 6.12. The van der Waals surface area contributed by atoms with E-state index in [1.54, 1.807) is 6.92 Å². The maximum absolute atomic E-state index is 12.1. The molecular formula is C13H24N2O3. The SMILES string of the molecule is CCN(C(=O)CN[C@H](C)C(=O)O)C1CCCCC1. The zero-order valence-corrected chi connectivity index (χ0v) is 11.3. The number of nitrogens with zero attached hydrogens (tertiary/aromatic N) is 1. The highest BCUT2D eigenvalue weighted by Crippen LogP contribution is 2.22. The van der Waals surface area contributed by atoms with Crippen molar-refractivity contribution in [3.63, 3.8) is 0 Å². The lowest BCUT2D eigenvalue weighted by molar-refractivity contribution is -0.139. The molecule has 1 fully saturated rings. The zero-order chi connectivity index (χ0) is 13.5. The first-order chi connectivity index (χ1) is 8.56. The molecule has 0 saturated heterocycles. The maximum Gasteiger partial charge on any atom is 0.320 e. The second-order valence-electron chi connectivity index (χ2n) is 4.91. The van der Waals surface area contributed by atoms with Crippen LogP contribution in [0, 0.1) is 0 Å². The Morgan fingerprint density at radius 2 is 1.94 bits per heavy atom. The van der Waals surface area contributed by atoms with Crippen LogP contribution < -0.4 is 5.32 Å². The summed E-state index contributed by atoms with van der Waals surface area (Å²) >= 11 is 0. The summed E-state index contributed by atoms with van der Waals surface area (Å²) in [6.07, 6.45) is 5.79. The standard InChI is InChI=1S/C13H24N2O3/c1-3-15(11-7-5-4-6-8-11)12(16)9-14-10(2)13(17)18/h10-11,14H,3-9H2,1-2H3,(H,17,18)/t10-/m1/s1. The number of hydrogen-bond donors (Lipinski definition) is 2. The highest BCUT2D eigenvalue weighted by atomic mass is 16.4. The Labute approximate surface area is 109 Å². The molecule has 0 aromatic rings. The van der Waals surface area contributed by atoms with Crippen molar-refractivity contribution in [2.75, 3.05) is 13.1 Å². The summed E-state index contributed by atoms with van der Waals surface area (Å²) < 4.78 is 0. The molecule has 1 atom stereocenters. The summed E-state index contributed by atoms with van der Waals surface area (Å²) in [5, 5.41) is 11.5. The van der Waals surface area contributed by atoms with Crippen LogP contribution in [0.2, 0.25) is 0 Å². The van der Waals surface area contributed by atoms with Crippen LogP contribution >= 0.6 is 0 Å². The normalized spacial score (nSPS) is 18.3.